The largest absolute Gasteiger partial charge is 0.324 e. The standard InChI is InChI=1S/C22H24ClFN4O4S2/c1-12-6-13(2)9-28(8-12)34(31,32)20-14(3)33-21-19(20)22(30)27(11-25-21)10-18(29)26-15-4-5-17(24)16(23)7-15/h4-5,7,11-13H,6,8-10H2,1-3H3,(H,26,29). The van der Waals surface area contributed by atoms with Gasteiger partial charge in [0.15, 0.2) is 0 Å². The van der Waals surface area contributed by atoms with Crippen molar-refractivity contribution in [1.82, 2.24) is 13.9 Å². The fourth-order valence-corrected chi connectivity index (χ4v) is 7.92. The van der Waals surface area contributed by atoms with Crippen molar-refractivity contribution in [3.63, 3.8) is 0 Å². The summed E-state index contributed by atoms with van der Waals surface area (Å²) < 4.78 is 43.0. The smallest absolute Gasteiger partial charge is 0.263 e. The van der Waals surface area contributed by atoms with E-state index in [1.165, 1.54) is 22.8 Å². The molecule has 0 bridgehead atoms. The highest BCUT2D eigenvalue weighted by Gasteiger charge is 2.35. The zero-order chi connectivity index (χ0) is 24.8. The molecule has 1 aliphatic heterocycles. The Hall–Kier alpha value is -2.34. The van der Waals surface area contributed by atoms with E-state index in [1.54, 1.807) is 6.92 Å². The number of hydrogen-bond donors (Lipinski definition) is 1. The summed E-state index contributed by atoms with van der Waals surface area (Å²) in [6.45, 7) is 6.06. The molecular weight excluding hydrogens is 503 g/mol. The molecule has 1 amide bonds. The minimum atomic E-state index is -3.93. The number of nitrogens with zero attached hydrogens (tertiary/aromatic N) is 3. The zero-order valence-corrected chi connectivity index (χ0v) is 21.2. The van der Waals surface area contributed by atoms with Crippen LogP contribution in [0.2, 0.25) is 5.02 Å². The van der Waals surface area contributed by atoms with E-state index in [-0.39, 0.29) is 32.8 Å². The van der Waals surface area contributed by atoms with Crippen LogP contribution in [0.1, 0.15) is 25.1 Å². The molecule has 182 valence electrons. The van der Waals surface area contributed by atoms with Gasteiger partial charge in [0.1, 0.15) is 22.1 Å². The second-order valence-corrected chi connectivity index (χ2v) is 12.3. The first-order chi connectivity index (χ1) is 16.0. The number of carbonyl (C=O) groups is 1. The molecule has 3 aromatic rings. The lowest BCUT2D eigenvalue weighted by Crippen LogP contribution is -2.42. The summed E-state index contributed by atoms with van der Waals surface area (Å²) in [6.07, 6.45) is 2.16. The topological polar surface area (TPSA) is 101 Å². The van der Waals surface area contributed by atoms with Crippen molar-refractivity contribution in [2.24, 2.45) is 11.8 Å². The van der Waals surface area contributed by atoms with Crippen molar-refractivity contribution in [3.8, 4) is 0 Å². The van der Waals surface area contributed by atoms with Crippen molar-refractivity contribution in [3.05, 3.63) is 50.6 Å². The Balaban J connectivity index is 1.68. The SMILES string of the molecule is Cc1sc2ncn(CC(=O)Nc3ccc(F)c(Cl)c3)c(=O)c2c1S(=O)(=O)N1CC(C)CC(C)C1. The molecule has 1 N–H and O–H groups in total. The molecule has 2 unspecified atom stereocenters. The summed E-state index contributed by atoms with van der Waals surface area (Å²) in [6, 6.07) is 3.72. The van der Waals surface area contributed by atoms with Gasteiger partial charge < -0.3 is 5.32 Å². The third kappa shape index (κ3) is 4.74. The molecule has 0 saturated carbocycles. The lowest BCUT2D eigenvalue weighted by atomic mass is 9.94. The van der Waals surface area contributed by atoms with Gasteiger partial charge in [0, 0.05) is 23.7 Å². The average molecular weight is 527 g/mol. The Labute approximate surface area is 205 Å². The van der Waals surface area contributed by atoms with Crippen molar-refractivity contribution in [2.75, 3.05) is 18.4 Å². The minimum absolute atomic E-state index is 0.00601. The van der Waals surface area contributed by atoms with E-state index in [0.29, 0.717) is 22.8 Å². The second kappa shape index (κ2) is 9.37. The number of carbonyl (C=O) groups excluding carboxylic acids is 1. The Morgan fingerprint density at radius 1 is 1.29 bits per heavy atom. The quantitative estimate of drug-likeness (QED) is 0.544. The van der Waals surface area contributed by atoms with E-state index in [0.717, 1.165) is 28.4 Å². The summed E-state index contributed by atoms with van der Waals surface area (Å²) in [4.78, 5) is 30.8. The Kier molecular flexibility index (Phi) is 6.83. The predicted molar refractivity (Wildman–Crippen MR) is 130 cm³/mol. The van der Waals surface area contributed by atoms with Gasteiger partial charge in [0.05, 0.1) is 16.7 Å². The number of sulfonamides is 1. The van der Waals surface area contributed by atoms with E-state index in [9.17, 15) is 22.4 Å². The third-order valence-corrected chi connectivity index (χ3v) is 9.19. The highest BCUT2D eigenvalue weighted by Crippen LogP contribution is 2.35. The number of amides is 1. The van der Waals surface area contributed by atoms with Gasteiger partial charge in [-0.05, 0) is 43.4 Å². The molecule has 2 aromatic heterocycles. The van der Waals surface area contributed by atoms with E-state index < -0.39 is 33.9 Å². The Morgan fingerprint density at radius 3 is 2.62 bits per heavy atom. The second-order valence-electron chi connectivity index (χ2n) is 8.79. The van der Waals surface area contributed by atoms with Crippen LogP contribution in [-0.2, 0) is 21.4 Å². The van der Waals surface area contributed by atoms with Gasteiger partial charge in [-0.2, -0.15) is 4.31 Å². The number of aromatic nitrogens is 2. The fraction of sp³-hybridized carbons (Fsp3) is 0.409. The maximum absolute atomic E-state index is 13.6. The summed E-state index contributed by atoms with van der Waals surface area (Å²) >= 11 is 6.88. The van der Waals surface area contributed by atoms with Crippen LogP contribution in [0.5, 0.6) is 0 Å². The number of thiophene rings is 1. The predicted octanol–water partition coefficient (Wildman–Crippen LogP) is 3.86. The number of hydrogen-bond acceptors (Lipinski definition) is 6. The van der Waals surface area contributed by atoms with Crippen LogP contribution in [0.25, 0.3) is 10.2 Å². The summed E-state index contributed by atoms with van der Waals surface area (Å²) in [7, 11) is -3.93. The van der Waals surface area contributed by atoms with Crippen LogP contribution in [-0.4, -0.2) is 41.3 Å². The van der Waals surface area contributed by atoms with Crippen LogP contribution >= 0.6 is 22.9 Å². The maximum Gasteiger partial charge on any atom is 0.263 e. The molecule has 1 aliphatic rings. The molecule has 2 atom stereocenters. The zero-order valence-electron chi connectivity index (χ0n) is 18.8. The van der Waals surface area contributed by atoms with E-state index >= 15 is 0 Å². The van der Waals surface area contributed by atoms with Gasteiger partial charge in [-0.3, -0.25) is 14.2 Å². The number of aryl methyl sites for hydroxylation is 1. The molecule has 1 aromatic carbocycles. The number of rotatable bonds is 5. The van der Waals surface area contributed by atoms with Gasteiger partial charge in [-0.1, -0.05) is 25.4 Å². The molecule has 8 nitrogen and oxygen atoms in total. The summed E-state index contributed by atoms with van der Waals surface area (Å²) in [5.41, 5.74) is -0.347. The van der Waals surface area contributed by atoms with Gasteiger partial charge in [-0.25, -0.2) is 17.8 Å². The van der Waals surface area contributed by atoms with Crippen LogP contribution in [0.3, 0.4) is 0 Å². The number of piperidine rings is 1. The first-order valence-electron chi connectivity index (χ1n) is 10.7. The number of nitrogens with one attached hydrogen (secondary N) is 1. The van der Waals surface area contributed by atoms with E-state index in [2.05, 4.69) is 10.3 Å². The molecule has 0 spiro atoms. The maximum atomic E-state index is 13.6. The van der Waals surface area contributed by atoms with Gasteiger partial charge >= 0.3 is 0 Å². The molecule has 0 radical (unpaired) electrons. The molecule has 1 saturated heterocycles. The minimum Gasteiger partial charge on any atom is -0.324 e. The van der Waals surface area contributed by atoms with Crippen LogP contribution in [0, 0.1) is 24.6 Å². The number of halogens is 2. The van der Waals surface area contributed by atoms with Gasteiger partial charge in [0.2, 0.25) is 15.9 Å². The molecule has 0 aliphatic carbocycles. The lowest BCUT2D eigenvalue weighted by molar-refractivity contribution is -0.116. The van der Waals surface area contributed by atoms with Gasteiger partial charge in [0.25, 0.3) is 5.56 Å². The monoisotopic (exact) mass is 526 g/mol. The molecule has 4 rings (SSSR count). The number of fused-ring (bicyclic) bond motifs is 1. The van der Waals surface area contributed by atoms with Crippen molar-refractivity contribution >= 4 is 54.8 Å². The number of benzene rings is 1. The van der Waals surface area contributed by atoms with Crippen molar-refractivity contribution in [1.29, 1.82) is 0 Å². The molecule has 1 fully saturated rings. The molecule has 34 heavy (non-hydrogen) atoms. The molecular formula is C22H24ClFN4O4S2. The third-order valence-electron chi connectivity index (χ3n) is 5.75. The number of anilines is 1. The summed E-state index contributed by atoms with van der Waals surface area (Å²) in [5, 5.41) is 2.39. The van der Waals surface area contributed by atoms with Gasteiger partial charge in [-0.15, -0.1) is 11.3 Å². The highest BCUT2D eigenvalue weighted by atomic mass is 35.5. The first-order valence-corrected chi connectivity index (χ1v) is 13.3. The lowest BCUT2D eigenvalue weighted by Gasteiger charge is -2.34. The summed E-state index contributed by atoms with van der Waals surface area (Å²) in [5.74, 6) is -0.769. The van der Waals surface area contributed by atoms with Crippen LogP contribution in [0.15, 0.2) is 34.2 Å². The highest BCUT2D eigenvalue weighted by molar-refractivity contribution is 7.89. The normalized spacial score (nSPS) is 19.4. The Bertz CT molecular complexity index is 1430. The molecule has 12 heteroatoms. The first kappa shape index (κ1) is 24.8. The van der Waals surface area contributed by atoms with E-state index in [1.807, 2.05) is 13.8 Å². The van der Waals surface area contributed by atoms with Crippen LogP contribution < -0.4 is 10.9 Å². The van der Waals surface area contributed by atoms with Crippen molar-refractivity contribution < 1.29 is 17.6 Å². The van der Waals surface area contributed by atoms with Crippen molar-refractivity contribution in [2.45, 2.75) is 38.6 Å². The van der Waals surface area contributed by atoms with E-state index in [4.69, 9.17) is 11.6 Å². The Morgan fingerprint density at radius 2 is 1.97 bits per heavy atom. The average Bonchev–Trinajstić information content (AvgIpc) is 3.09. The molecule has 3 heterocycles. The van der Waals surface area contributed by atoms with Crippen LogP contribution in [0.4, 0.5) is 10.1 Å². The fourth-order valence-electron chi connectivity index (χ4n) is 4.40.